The van der Waals surface area contributed by atoms with Crippen molar-refractivity contribution in [3.8, 4) is 5.75 Å². The Morgan fingerprint density at radius 1 is 1.35 bits per heavy atom. The maximum atomic E-state index is 12.4. The third kappa shape index (κ3) is 7.24. The van der Waals surface area contributed by atoms with Crippen molar-refractivity contribution in [2.45, 2.75) is 45.3 Å². The van der Waals surface area contributed by atoms with Crippen LogP contribution in [0, 0.1) is 16.0 Å². The second-order valence-electron chi connectivity index (χ2n) is 7.08. The third-order valence-corrected chi connectivity index (χ3v) is 4.99. The highest BCUT2D eigenvalue weighted by Crippen LogP contribution is 2.29. The van der Waals surface area contributed by atoms with Gasteiger partial charge in [0.05, 0.1) is 23.3 Å². The lowest BCUT2D eigenvalue weighted by atomic mass is 10.2. The van der Waals surface area contributed by atoms with Crippen molar-refractivity contribution in [1.82, 2.24) is 14.8 Å². The van der Waals surface area contributed by atoms with Gasteiger partial charge in [0, 0.05) is 19.4 Å². The lowest BCUT2D eigenvalue weighted by Gasteiger charge is -2.12. The SMILES string of the molecule is CCOc1ccc(NC(=O)CSc2nnc(CCC(N)=O)n2CC(C)C)c([N+](=O)[O-])c1. The number of hydrogen-bond acceptors (Lipinski definition) is 8. The Kier molecular flexibility index (Phi) is 8.79. The summed E-state index contributed by atoms with van der Waals surface area (Å²) in [5.74, 6) is 0.406. The number of anilines is 1. The van der Waals surface area contributed by atoms with Crippen molar-refractivity contribution in [1.29, 1.82) is 0 Å². The molecule has 0 aliphatic heterocycles. The molecule has 1 aromatic carbocycles. The molecular weight excluding hydrogens is 424 g/mol. The number of nitro groups is 1. The van der Waals surface area contributed by atoms with E-state index in [4.69, 9.17) is 10.5 Å². The highest BCUT2D eigenvalue weighted by molar-refractivity contribution is 7.99. The number of ether oxygens (including phenoxy) is 1. The molecule has 0 saturated heterocycles. The van der Waals surface area contributed by atoms with Gasteiger partial charge >= 0.3 is 0 Å². The zero-order valence-corrected chi connectivity index (χ0v) is 18.5. The quantitative estimate of drug-likeness (QED) is 0.284. The number of nitrogens with two attached hydrogens (primary N) is 1. The number of nitro benzene ring substituents is 1. The van der Waals surface area contributed by atoms with Crippen LogP contribution in [0.5, 0.6) is 5.75 Å². The summed E-state index contributed by atoms with van der Waals surface area (Å²) in [6, 6.07) is 4.27. The van der Waals surface area contributed by atoms with Crippen molar-refractivity contribution in [2.24, 2.45) is 11.7 Å². The molecule has 1 aromatic heterocycles. The monoisotopic (exact) mass is 450 g/mol. The van der Waals surface area contributed by atoms with Gasteiger partial charge in [0.15, 0.2) is 5.16 Å². The molecule has 2 amide bonds. The molecule has 0 aliphatic carbocycles. The number of amides is 2. The van der Waals surface area contributed by atoms with Crippen LogP contribution < -0.4 is 15.8 Å². The molecule has 0 bridgehead atoms. The van der Waals surface area contributed by atoms with Gasteiger partial charge in [0.25, 0.3) is 5.69 Å². The average molecular weight is 451 g/mol. The summed E-state index contributed by atoms with van der Waals surface area (Å²) in [6.07, 6.45) is 0.517. The van der Waals surface area contributed by atoms with Gasteiger partial charge in [-0.25, -0.2) is 0 Å². The molecule has 12 heteroatoms. The van der Waals surface area contributed by atoms with Gasteiger partial charge in [-0.3, -0.25) is 19.7 Å². The predicted molar refractivity (Wildman–Crippen MR) is 116 cm³/mol. The molecule has 2 aromatic rings. The fourth-order valence-electron chi connectivity index (χ4n) is 2.74. The second kappa shape index (κ2) is 11.3. The number of carbonyl (C=O) groups is 2. The van der Waals surface area contributed by atoms with Crippen LogP contribution in [0.1, 0.15) is 33.0 Å². The molecule has 0 fully saturated rings. The minimum Gasteiger partial charge on any atom is -0.494 e. The summed E-state index contributed by atoms with van der Waals surface area (Å²) in [5.41, 5.74) is 5.06. The van der Waals surface area contributed by atoms with E-state index in [9.17, 15) is 19.7 Å². The van der Waals surface area contributed by atoms with E-state index in [1.165, 1.54) is 12.1 Å². The first-order valence-electron chi connectivity index (χ1n) is 9.75. The molecule has 0 saturated carbocycles. The summed E-state index contributed by atoms with van der Waals surface area (Å²) in [5, 5.41) is 22.7. The van der Waals surface area contributed by atoms with E-state index in [0.29, 0.717) is 42.2 Å². The van der Waals surface area contributed by atoms with E-state index < -0.39 is 16.7 Å². The van der Waals surface area contributed by atoms with E-state index >= 15 is 0 Å². The molecule has 0 radical (unpaired) electrons. The summed E-state index contributed by atoms with van der Waals surface area (Å²) in [6.45, 7) is 6.83. The number of hydrogen-bond donors (Lipinski definition) is 2. The highest BCUT2D eigenvalue weighted by atomic mass is 32.2. The van der Waals surface area contributed by atoms with Gasteiger partial charge in [0.1, 0.15) is 17.3 Å². The molecule has 0 unspecified atom stereocenters. The molecule has 1 heterocycles. The summed E-state index contributed by atoms with van der Waals surface area (Å²) >= 11 is 1.16. The van der Waals surface area contributed by atoms with Gasteiger partial charge in [-0.05, 0) is 25.0 Å². The molecule has 0 spiro atoms. The first kappa shape index (κ1) is 24.1. The van der Waals surface area contributed by atoms with Crippen LogP contribution >= 0.6 is 11.8 Å². The van der Waals surface area contributed by atoms with E-state index in [0.717, 1.165) is 11.8 Å². The molecular formula is C19H26N6O5S. The molecule has 3 N–H and O–H groups in total. The minimum atomic E-state index is -0.574. The van der Waals surface area contributed by atoms with E-state index in [2.05, 4.69) is 15.5 Å². The Balaban J connectivity index is 2.09. The number of carbonyl (C=O) groups excluding carboxylic acids is 2. The van der Waals surface area contributed by atoms with Crippen LogP contribution in [0.15, 0.2) is 23.4 Å². The van der Waals surface area contributed by atoms with Crippen LogP contribution in [-0.4, -0.2) is 43.9 Å². The predicted octanol–water partition coefficient (Wildman–Crippen LogP) is 2.39. The Labute approximate surface area is 183 Å². The summed E-state index contributed by atoms with van der Waals surface area (Å²) < 4.78 is 7.14. The van der Waals surface area contributed by atoms with Crippen molar-refractivity contribution in [3.05, 3.63) is 34.1 Å². The van der Waals surface area contributed by atoms with E-state index in [1.54, 1.807) is 13.0 Å². The number of thioether (sulfide) groups is 1. The third-order valence-electron chi connectivity index (χ3n) is 4.02. The number of aryl methyl sites for hydroxylation is 1. The smallest absolute Gasteiger partial charge is 0.296 e. The number of nitrogens with zero attached hydrogens (tertiary/aromatic N) is 4. The molecule has 0 aliphatic rings. The van der Waals surface area contributed by atoms with Gasteiger partial charge < -0.3 is 20.4 Å². The molecule has 11 nitrogen and oxygen atoms in total. The fourth-order valence-corrected chi connectivity index (χ4v) is 3.50. The number of nitrogens with one attached hydrogen (secondary N) is 1. The fraction of sp³-hybridized carbons (Fsp3) is 0.474. The first-order valence-corrected chi connectivity index (χ1v) is 10.7. The summed E-state index contributed by atoms with van der Waals surface area (Å²) in [4.78, 5) is 34.3. The number of aromatic nitrogens is 3. The van der Waals surface area contributed by atoms with Crippen LogP contribution in [0.4, 0.5) is 11.4 Å². The number of rotatable bonds is 12. The number of primary amides is 1. The molecule has 0 atom stereocenters. The van der Waals surface area contributed by atoms with Crippen molar-refractivity contribution in [3.63, 3.8) is 0 Å². The highest BCUT2D eigenvalue weighted by Gasteiger charge is 2.19. The van der Waals surface area contributed by atoms with Crippen LogP contribution in [0.25, 0.3) is 0 Å². The minimum absolute atomic E-state index is 0.0174. The topological polar surface area (TPSA) is 155 Å². The Bertz CT molecular complexity index is 946. The van der Waals surface area contributed by atoms with E-state index in [1.807, 2.05) is 18.4 Å². The van der Waals surface area contributed by atoms with Gasteiger partial charge in [-0.2, -0.15) is 0 Å². The standard InChI is InChI=1S/C19H26N6O5S/c1-4-30-13-5-6-14(15(9-13)25(28)29)21-18(27)11-31-19-23-22-17(8-7-16(20)26)24(19)10-12(2)3/h5-6,9,12H,4,7-8,10-11H2,1-3H3,(H2,20,26)(H,21,27). The zero-order chi connectivity index (χ0) is 23.0. The van der Waals surface area contributed by atoms with Crippen LogP contribution in [-0.2, 0) is 22.6 Å². The van der Waals surface area contributed by atoms with Gasteiger partial charge in [-0.1, -0.05) is 25.6 Å². The van der Waals surface area contributed by atoms with Crippen molar-refractivity contribution >= 4 is 35.0 Å². The lowest BCUT2D eigenvalue weighted by molar-refractivity contribution is -0.384. The summed E-state index contributed by atoms with van der Waals surface area (Å²) in [7, 11) is 0. The Hall–Kier alpha value is -3.15. The average Bonchev–Trinajstić information content (AvgIpc) is 3.06. The molecule has 2 rings (SSSR count). The van der Waals surface area contributed by atoms with Crippen molar-refractivity contribution in [2.75, 3.05) is 17.7 Å². The second-order valence-corrected chi connectivity index (χ2v) is 8.02. The van der Waals surface area contributed by atoms with Gasteiger partial charge in [-0.15, -0.1) is 10.2 Å². The van der Waals surface area contributed by atoms with E-state index in [-0.39, 0.29) is 23.5 Å². The largest absolute Gasteiger partial charge is 0.494 e. The van der Waals surface area contributed by atoms with Crippen LogP contribution in [0.2, 0.25) is 0 Å². The van der Waals surface area contributed by atoms with Crippen LogP contribution in [0.3, 0.4) is 0 Å². The molecule has 168 valence electrons. The lowest BCUT2D eigenvalue weighted by Crippen LogP contribution is -2.17. The Morgan fingerprint density at radius 3 is 2.71 bits per heavy atom. The maximum Gasteiger partial charge on any atom is 0.296 e. The van der Waals surface area contributed by atoms with Crippen molar-refractivity contribution < 1.29 is 19.2 Å². The molecule has 31 heavy (non-hydrogen) atoms. The normalized spacial score (nSPS) is 10.8. The Morgan fingerprint density at radius 2 is 2.10 bits per heavy atom. The zero-order valence-electron chi connectivity index (χ0n) is 17.7. The maximum absolute atomic E-state index is 12.4. The van der Waals surface area contributed by atoms with Gasteiger partial charge in [0.2, 0.25) is 11.8 Å². The first-order chi connectivity index (χ1) is 14.7. The number of benzene rings is 1.